The Kier molecular flexibility index (Phi) is 3.55. The Hall–Kier alpha value is -2.31. The van der Waals surface area contributed by atoms with Crippen LogP contribution in [0.1, 0.15) is 23.2 Å². The minimum Gasteiger partial charge on any atom is -0.340 e. The molecule has 1 unspecified atom stereocenters. The van der Waals surface area contributed by atoms with Gasteiger partial charge in [-0.25, -0.2) is 8.78 Å². The molecule has 1 aliphatic heterocycles. The van der Waals surface area contributed by atoms with Gasteiger partial charge in [-0.2, -0.15) is 0 Å². The Labute approximate surface area is 107 Å². The van der Waals surface area contributed by atoms with Crippen LogP contribution in [0.4, 0.5) is 8.78 Å². The maximum absolute atomic E-state index is 13.4. The summed E-state index contributed by atoms with van der Waals surface area (Å²) in [7, 11) is 0. The molecular weight excluding hydrogens is 258 g/mol. The van der Waals surface area contributed by atoms with Gasteiger partial charge in [0.05, 0.1) is 0 Å². The topological polar surface area (TPSA) is 75.3 Å². The predicted molar refractivity (Wildman–Crippen MR) is 60.0 cm³/mol. The van der Waals surface area contributed by atoms with Crippen LogP contribution in [0, 0.1) is 11.6 Å². The standard InChI is InChI=1S/C12H10F2N2O3/c13-6-2-1-3-7(14)10(6)12(19)15-8-4-5-9(17)16-11(8)18/h1-3,8H,4-5H2,(H,15,19)(H,16,17,18). The van der Waals surface area contributed by atoms with Crippen molar-refractivity contribution in [2.45, 2.75) is 18.9 Å². The minimum absolute atomic E-state index is 0.0659. The predicted octanol–water partition coefficient (Wildman–Crippen LogP) is 0.500. The van der Waals surface area contributed by atoms with Crippen LogP contribution in [0.2, 0.25) is 0 Å². The van der Waals surface area contributed by atoms with Crippen LogP contribution in [0.15, 0.2) is 18.2 Å². The van der Waals surface area contributed by atoms with Gasteiger partial charge in [-0.05, 0) is 18.6 Å². The third-order valence-electron chi connectivity index (χ3n) is 2.73. The van der Waals surface area contributed by atoms with E-state index in [1.54, 1.807) is 0 Å². The molecule has 0 radical (unpaired) electrons. The molecule has 1 fully saturated rings. The Morgan fingerprint density at radius 3 is 2.47 bits per heavy atom. The van der Waals surface area contributed by atoms with Crippen LogP contribution in [0.25, 0.3) is 0 Å². The monoisotopic (exact) mass is 268 g/mol. The minimum atomic E-state index is -1.02. The molecule has 100 valence electrons. The molecule has 5 nitrogen and oxygen atoms in total. The van der Waals surface area contributed by atoms with Gasteiger partial charge in [-0.3, -0.25) is 19.7 Å². The van der Waals surface area contributed by atoms with Crippen molar-refractivity contribution in [3.8, 4) is 0 Å². The van der Waals surface area contributed by atoms with Crippen molar-refractivity contribution in [3.63, 3.8) is 0 Å². The summed E-state index contributed by atoms with van der Waals surface area (Å²) in [5.74, 6) is -4.16. The van der Waals surface area contributed by atoms with Crippen LogP contribution in [0.5, 0.6) is 0 Å². The van der Waals surface area contributed by atoms with Gasteiger partial charge in [0.15, 0.2) is 0 Å². The highest BCUT2D eigenvalue weighted by Crippen LogP contribution is 2.13. The van der Waals surface area contributed by atoms with E-state index < -0.39 is 41.0 Å². The molecule has 0 spiro atoms. The Balaban J connectivity index is 2.13. The molecule has 7 heteroatoms. The molecule has 3 amide bonds. The second-order valence-electron chi connectivity index (χ2n) is 4.07. The molecule has 2 rings (SSSR count). The number of carbonyl (C=O) groups excluding carboxylic acids is 3. The number of imide groups is 1. The van der Waals surface area contributed by atoms with E-state index in [0.717, 1.165) is 18.2 Å². The van der Waals surface area contributed by atoms with E-state index in [-0.39, 0.29) is 12.8 Å². The lowest BCUT2D eigenvalue weighted by atomic mass is 10.1. The van der Waals surface area contributed by atoms with Gasteiger partial charge in [0.1, 0.15) is 23.2 Å². The molecule has 1 atom stereocenters. The van der Waals surface area contributed by atoms with E-state index in [0.29, 0.717) is 0 Å². The van der Waals surface area contributed by atoms with Crippen molar-refractivity contribution in [1.29, 1.82) is 0 Å². The largest absolute Gasteiger partial charge is 0.340 e. The van der Waals surface area contributed by atoms with Crippen LogP contribution in [-0.4, -0.2) is 23.8 Å². The first kappa shape index (κ1) is 13.1. The van der Waals surface area contributed by atoms with Gasteiger partial charge >= 0.3 is 0 Å². The molecule has 1 saturated heterocycles. The fraction of sp³-hybridized carbons (Fsp3) is 0.250. The lowest BCUT2D eigenvalue weighted by Crippen LogP contribution is -2.52. The van der Waals surface area contributed by atoms with E-state index in [1.807, 2.05) is 5.32 Å². The molecule has 1 aliphatic rings. The molecule has 0 aromatic heterocycles. The number of hydrogen-bond acceptors (Lipinski definition) is 3. The van der Waals surface area contributed by atoms with E-state index >= 15 is 0 Å². The number of piperidine rings is 1. The van der Waals surface area contributed by atoms with Gasteiger partial charge in [0.2, 0.25) is 11.8 Å². The summed E-state index contributed by atoms with van der Waals surface area (Å²) in [5, 5.41) is 4.24. The summed E-state index contributed by atoms with van der Waals surface area (Å²) < 4.78 is 26.7. The van der Waals surface area contributed by atoms with Gasteiger partial charge in [-0.1, -0.05) is 6.07 Å². The lowest BCUT2D eigenvalue weighted by molar-refractivity contribution is -0.134. The summed E-state index contributed by atoms with van der Waals surface area (Å²) in [6, 6.07) is 2.06. The third kappa shape index (κ3) is 2.75. The molecule has 0 saturated carbocycles. The fourth-order valence-electron chi connectivity index (χ4n) is 1.78. The van der Waals surface area contributed by atoms with Crippen molar-refractivity contribution >= 4 is 17.7 Å². The van der Waals surface area contributed by atoms with E-state index in [4.69, 9.17) is 0 Å². The second-order valence-corrected chi connectivity index (χ2v) is 4.07. The Bertz CT molecular complexity index is 540. The van der Waals surface area contributed by atoms with E-state index in [9.17, 15) is 23.2 Å². The van der Waals surface area contributed by atoms with Crippen molar-refractivity contribution in [2.75, 3.05) is 0 Å². The van der Waals surface area contributed by atoms with Crippen LogP contribution in [0.3, 0.4) is 0 Å². The van der Waals surface area contributed by atoms with Crippen molar-refractivity contribution in [2.24, 2.45) is 0 Å². The summed E-state index contributed by atoms with van der Waals surface area (Å²) in [6.45, 7) is 0. The summed E-state index contributed by atoms with van der Waals surface area (Å²) in [4.78, 5) is 34.1. The van der Waals surface area contributed by atoms with Crippen LogP contribution in [-0.2, 0) is 9.59 Å². The molecule has 0 aliphatic carbocycles. The normalized spacial score (nSPS) is 18.9. The first-order valence-corrected chi connectivity index (χ1v) is 5.57. The number of nitrogens with one attached hydrogen (secondary N) is 2. The first-order valence-electron chi connectivity index (χ1n) is 5.57. The third-order valence-corrected chi connectivity index (χ3v) is 2.73. The van der Waals surface area contributed by atoms with Gasteiger partial charge in [0, 0.05) is 6.42 Å². The number of hydrogen-bond donors (Lipinski definition) is 2. The summed E-state index contributed by atoms with van der Waals surface area (Å²) in [6.07, 6.45) is 0.170. The highest BCUT2D eigenvalue weighted by molar-refractivity contribution is 6.03. The molecule has 1 aromatic carbocycles. The average molecular weight is 268 g/mol. The van der Waals surface area contributed by atoms with Crippen molar-refractivity contribution < 1.29 is 23.2 Å². The molecule has 0 bridgehead atoms. The number of rotatable bonds is 2. The zero-order valence-electron chi connectivity index (χ0n) is 9.70. The van der Waals surface area contributed by atoms with Gasteiger partial charge < -0.3 is 5.32 Å². The SMILES string of the molecule is O=C1CCC(NC(=O)c2c(F)cccc2F)C(=O)N1. The fourth-order valence-corrected chi connectivity index (χ4v) is 1.78. The maximum Gasteiger partial charge on any atom is 0.257 e. The first-order chi connectivity index (χ1) is 8.99. The quantitative estimate of drug-likeness (QED) is 0.767. The van der Waals surface area contributed by atoms with E-state index in [2.05, 4.69) is 5.32 Å². The van der Waals surface area contributed by atoms with Crippen molar-refractivity contribution in [3.05, 3.63) is 35.4 Å². The van der Waals surface area contributed by atoms with Crippen LogP contribution >= 0.6 is 0 Å². The van der Waals surface area contributed by atoms with Crippen LogP contribution < -0.4 is 10.6 Å². The number of amides is 3. The second kappa shape index (κ2) is 5.13. The maximum atomic E-state index is 13.4. The zero-order chi connectivity index (χ0) is 14.0. The molecular formula is C12H10F2N2O3. The summed E-state index contributed by atoms with van der Waals surface area (Å²) >= 11 is 0. The smallest absolute Gasteiger partial charge is 0.257 e. The molecule has 1 heterocycles. The Morgan fingerprint density at radius 2 is 1.89 bits per heavy atom. The summed E-state index contributed by atoms with van der Waals surface area (Å²) in [5.41, 5.74) is -0.743. The average Bonchev–Trinajstić information content (AvgIpc) is 2.32. The number of carbonyl (C=O) groups is 3. The number of halogens is 2. The molecule has 19 heavy (non-hydrogen) atoms. The van der Waals surface area contributed by atoms with E-state index in [1.165, 1.54) is 0 Å². The molecule has 1 aromatic rings. The lowest BCUT2D eigenvalue weighted by Gasteiger charge is -2.21. The van der Waals surface area contributed by atoms with Gasteiger partial charge in [0.25, 0.3) is 5.91 Å². The molecule has 2 N–H and O–H groups in total. The zero-order valence-corrected chi connectivity index (χ0v) is 9.70. The number of benzene rings is 1. The van der Waals surface area contributed by atoms with Crippen molar-refractivity contribution in [1.82, 2.24) is 10.6 Å². The highest BCUT2D eigenvalue weighted by atomic mass is 19.1. The van der Waals surface area contributed by atoms with Gasteiger partial charge in [-0.15, -0.1) is 0 Å². The highest BCUT2D eigenvalue weighted by Gasteiger charge is 2.29. The Morgan fingerprint density at radius 1 is 1.26 bits per heavy atom.